The van der Waals surface area contributed by atoms with Crippen molar-refractivity contribution >= 4 is 40.3 Å². The third kappa shape index (κ3) is 7.82. The van der Waals surface area contributed by atoms with Crippen LogP contribution in [0.15, 0.2) is 71.5 Å². The van der Waals surface area contributed by atoms with Crippen LogP contribution in [-0.4, -0.2) is 85.1 Å². The van der Waals surface area contributed by atoms with E-state index in [0.29, 0.717) is 33.8 Å². The van der Waals surface area contributed by atoms with Crippen molar-refractivity contribution in [2.75, 3.05) is 62.2 Å². The summed E-state index contributed by atoms with van der Waals surface area (Å²) >= 11 is 0. The number of benzene rings is 3. The molecule has 3 aromatic carbocycles. The Balaban J connectivity index is 1.55. The van der Waals surface area contributed by atoms with Crippen molar-refractivity contribution < 1.29 is 33.0 Å². The molecule has 1 atom stereocenters. The van der Waals surface area contributed by atoms with E-state index >= 15 is 0 Å². The minimum atomic E-state index is -1.23. The van der Waals surface area contributed by atoms with Crippen LogP contribution in [0.3, 0.4) is 0 Å². The van der Waals surface area contributed by atoms with E-state index in [4.69, 9.17) is 19.2 Å². The van der Waals surface area contributed by atoms with Crippen LogP contribution in [0.1, 0.15) is 39.6 Å². The smallest absolute Gasteiger partial charge is 0.407 e. The van der Waals surface area contributed by atoms with Crippen LogP contribution in [0.5, 0.6) is 11.5 Å². The molecule has 1 unspecified atom stereocenters. The van der Waals surface area contributed by atoms with E-state index in [2.05, 4.69) is 10.6 Å². The predicted octanol–water partition coefficient (Wildman–Crippen LogP) is 4.66. The molecule has 5 rings (SSSR count). The van der Waals surface area contributed by atoms with Gasteiger partial charge in [-0.1, -0.05) is 12.1 Å². The summed E-state index contributed by atoms with van der Waals surface area (Å²) in [5, 5.41) is 7.61. The number of carbonyl (C=O) groups excluding carboxylic acids is 3. The second-order valence-corrected chi connectivity index (χ2v) is 12.3. The molecule has 51 heavy (non-hydrogen) atoms. The van der Waals surface area contributed by atoms with Crippen LogP contribution < -0.4 is 35.6 Å². The predicted molar refractivity (Wildman–Crippen MR) is 191 cm³/mol. The van der Waals surface area contributed by atoms with E-state index < -0.39 is 29.5 Å². The highest BCUT2D eigenvalue weighted by Gasteiger charge is 2.37. The van der Waals surface area contributed by atoms with Gasteiger partial charge in [0.25, 0.3) is 5.56 Å². The second-order valence-electron chi connectivity index (χ2n) is 12.3. The lowest BCUT2D eigenvalue weighted by atomic mass is 10.0. The molecule has 4 aromatic rings. The van der Waals surface area contributed by atoms with Crippen molar-refractivity contribution in [3.63, 3.8) is 0 Å². The minimum Gasteiger partial charge on any atom is -0.497 e. The molecule has 1 aliphatic heterocycles. The molecule has 0 spiro atoms. The van der Waals surface area contributed by atoms with E-state index in [-0.39, 0.29) is 50.1 Å². The summed E-state index contributed by atoms with van der Waals surface area (Å²) < 4.78 is 31.2. The largest absolute Gasteiger partial charge is 0.497 e. The first-order valence-corrected chi connectivity index (χ1v) is 16.5. The van der Waals surface area contributed by atoms with E-state index in [1.54, 1.807) is 80.1 Å². The fourth-order valence-electron chi connectivity index (χ4n) is 5.96. The average molecular weight is 704 g/mol. The number of aromatic nitrogens is 2. The van der Waals surface area contributed by atoms with Crippen LogP contribution in [0, 0.1) is 5.82 Å². The molecule has 15 heteroatoms. The number of hydrogen-bond acceptors (Lipinski definition) is 9. The highest BCUT2D eigenvalue weighted by atomic mass is 19.1. The molecule has 1 aliphatic rings. The van der Waals surface area contributed by atoms with Gasteiger partial charge in [-0.2, -0.15) is 0 Å². The van der Waals surface area contributed by atoms with E-state index in [9.17, 15) is 23.6 Å². The monoisotopic (exact) mass is 703 g/mol. The van der Waals surface area contributed by atoms with Crippen molar-refractivity contribution in [2.24, 2.45) is 0 Å². The molecule has 1 saturated heterocycles. The van der Waals surface area contributed by atoms with Gasteiger partial charge >= 0.3 is 12.1 Å². The third-order valence-corrected chi connectivity index (χ3v) is 8.55. The van der Waals surface area contributed by atoms with Crippen LogP contribution in [-0.2, 0) is 9.53 Å². The van der Waals surface area contributed by atoms with Gasteiger partial charge in [0.15, 0.2) is 5.82 Å². The molecule has 1 aromatic heterocycles. The lowest BCUT2D eigenvalue weighted by Crippen LogP contribution is -2.62. The number of hydrogen-bond donors (Lipinski definition) is 2. The first kappa shape index (κ1) is 36.4. The molecule has 2 heterocycles. The van der Waals surface area contributed by atoms with Crippen molar-refractivity contribution in [3.05, 3.63) is 88.7 Å². The Morgan fingerprint density at radius 2 is 1.67 bits per heavy atom. The number of para-hydroxylation sites is 1. The number of alkyl carbamates (subject to hydrolysis) is 1. The van der Waals surface area contributed by atoms with Crippen molar-refractivity contribution in [3.8, 4) is 11.5 Å². The van der Waals surface area contributed by atoms with E-state index in [1.807, 2.05) is 0 Å². The fraction of sp³-hybridized carbons (Fsp3) is 0.361. The van der Waals surface area contributed by atoms with Gasteiger partial charge in [0, 0.05) is 24.8 Å². The van der Waals surface area contributed by atoms with Gasteiger partial charge in [0.2, 0.25) is 5.91 Å². The maximum atomic E-state index is 14.3. The highest BCUT2D eigenvalue weighted by molar-refractivity contribution is 6.03. The second kappa shape index (κ2) is 15.4. The molecule has 270 valence electrons. The number of nitrogens with one attached hydrogen (secondary N) is 2. The number of anilines is 2. The molecule has 0 bridgehead atoms. The highest BCUT2D eigenvalue weighted by Crippen LogP contribution is 2.37. The molecule has 1 fully saturated rings. The quantitative estimate of drug-likeness (QED) is 0.241. The Morgan fingerprint density at radius 3 is 2.31 bits per heavy atom. The number of methoxy groups -OCH3 is 2. The number of fused-ring (bicyclic) bond motifs is 1. The van der Waals surface area contributed by atoms with Crippen LogP contribution in [0.2, 0.25) is 0 Å². The minimum absolute atomic E-state index is 0.167. The SMILES string of the molecule is CCOC(=O)NC(C)(C)C(=O)N1CCN(n2c(C(C)N(C(=O)Nc3ccc(F)cc3)c3ccc(OC)cc3OC)nc3ccccc3c2=O)CC1. The Kier molecular flexibility index (Phi) is 11.0. The maximum absolute atomic E-state index is 14.3. The number of halogens is 1. The lowest BCUT2D eigenvalue weighted by molar-refractivity contribution is -0.137. The number of amides is 4. The van der Waals surface area contributed by atoms with Gasteiger partial charge in [-0.25, -0.2) is 23.6 Å². The topological polar surface area (TPSA) is 148 Å². The van der Waals surface area contributed by atoms with Gasteiger partial charge < -0.3 is 34.8 Å². The fourth-order valence-corrected chi connectivity index (χ4v) is 5.96. The van der Waals surface area contributed by atoms with Crippen LogP contribution in [0.4, 0.5) is 25.4 Å². The summed E-state index contributed by atoms with van der Waals surface area (Å²) in [5.74, 6) is 0.297. The molecule has 0 radical (unpaired) electrons. The van der Waals surface area contributed by atoms with Gasteiger partial charge in [-0.3, -0.25) is 14.5 Å². The van der Waals surface area contributed by atoms with Crippen LogP contribution in [0.25, 0.3) is 10.9 Å². The summed E-state index contributed by atoms with van der Waals surface area (Å²) in [7, 11) is 2.98. The van der Waals surface area contributed by atoms with Crippen molar-refractivity contribution in [1.29, 1.82) is 0 Å². The molecule has 0 saturated carbocycles. The maximum Gasteiger partial charge on any atom is 0.407 e. The van der Waals surface area contributed by atoms with Crippen molar-refractivity contribution in [1.82, 2.24) is 19.9 Å². The summed E-state index contributed by atoms with van der Waals surface area (Å²) in [6, 6.07) is 15.8. The molecule has 4 amide bonds. The molecule has 14 nitrogen and oxygen atoms in total. The van der Waals surface area contributed by atoms with Gasteiger partial charge in [-0.15, -0.1) is 0 Å². The van der Waals surface area contributed by atoms with Crippen molar-refractivity contribution in [2.45, 2.75) is 39.3 Å². The summed E-state index contributed by atoms with van der Waals surface area (Å²) in [5.41, 5.74) is -0.457. The standard InChI is InChI=1S/C36H42FN7O7/c1-7-51-35(48)40-36(3,4)33(46)41-18-20-42(21-19-41)44-31(39-28-11-9-8-10-27(28)32(44)45)23(2)43(29-17-16-26(49-5)22-30(29)50-6)34(47)38-25-14-12-24(37)13-15-25/h8-17,22-23H,7,18-21H2,1-6H3,(H,38,47)(H,40,48). The zero-order valence-electron chi connectivity index (χ0n) is 29.4. The molecular formula is C36H42FN7O7. The molecular weight excluding hydrogens is 661 g/mol. The van der Waals surface area contributed by atoms with Crippen LogP contribution >= 0.6 is 0 Å². The first-order valence-electron chi connectivity index (χ1n) is 16.5. The third-order valence-electron chi connectivity index (χ3n) is 8.55. The number of rotatable bonds is 10. The summed E-state index contributed by atoms with van der Waals surface area (Å²) in [6.07, 6.45) is -0.691. The Bertz CT molecular complexity index is 1960. The number of ether oxygens (including phenoxy) is 3. The average Bonchev–Trinajstić information content (AvgIpc) is 3.12. The number of nitrogens with zero attached hydrogens (tertiary/aromatic N) is 5. The van der Waals surface area contributed by atoms with Gasteiger partial charge in [0.1, 0.15) is 22.9 Å². The summed E-state index contributed by atoms with van der Waals surface area (Å²) in [4.78, 5) is 62.1. The van der Waals surface area contributed by atoms with Gasteiger partial charge in [-0.05, 0) is 76.2 Å². The van der Waals surface area contributed by atoms with E-state index in [1.165, 1.54) is 48.1 Å². The lowest BCUT2D eigenvalue weighted by Gasteiger charge is -2.41. The molecule has 2 N–H and O–H groups in total. The normalized spacial score (nSPS) is 13.7. The Morgan fingerprint density at radius 1 is 0.980 bits per heavy atom. The first-order chi connectivity index (χ1) is 24.4. The summed E-state index contributed by atoms with van der Waals surface area (Å²) in [6.45, 7) is 7.76. The number of carbonyl (C=O) groups is 3. The Hall–Kier alpha value is -5.86. The van der Waals surface area contributed by atoms with Gasteiger partial charge in [0.05, 0.1) is 56.5 Å². The molecule has 0 aliphatic carbocycles. The zero-order chi connectivity index (χ0) is 36.9. The number of piperazine rings is 1. The zero-order valence-corrected chi connectivity index (χ0v) is 29.4. The number of urea groups is 1. The Labute approximate surface area is 294 Å². The van der Waals surface area contributed by atoms with E-state index in [0.717, 1.165) is 0 Å².